The predicted molar refractivity (Wildman–Crippen MR) is 115 cm³/mol. The zero-order valence-electron chi connectivity index (χ0n) is 17.1. The summed E-state index contributed by atoms with van der Waals surface area (Å²) in [6.07, 6.45) is 2.47. The summed E-state index contributed by atoms with van der Waals surface area (Å²) in [5.74, 6) is -0.865. The monoisotopic (exact) mass is 469 g/mol. The zero-order valence-corrected chi connectivity index (χ0v) is 18.8. The van der Waals surface area contributed by atoms with Gasteiger partial charge in [-0.15, -0.1) is 0 Å². The second-order valence-corrected chi connectivity index (χ2v) is 11.2. The van der Waals surface area contributed by atoms with Crippen molar-refractivity contribution in [2.75, 3.05) is 24.1 Å². The molecule has 2 aromatic carbocycles. The number of carbonyl (C=O) groups excluding carboxylic acids is 1. The molecule has 2 aromatic rings. The number of sulfonamides is 2. The summed E-state index contributed by atoms with van der Waals surface area (Å²) in [5, 5.41) is 2.82. The Morgan fingerprint density at radius 3 is 2.39 bits per heavy atom. The van der Waals surface area contributed by atoms with E-state index in [1.54, 1.807) is 0 Å². The number of piperidine rings is 1. The number of amides is 1. The van der Waals surface area contributed by atoms with Gasteiger partial charge in [0.15, 0.2) is 0 Å². The van der Waals surface area contributed by atoms with Crippen molar-refractivity contribution in [1.29, 1.82) is 0 Å². The summed E-state index contributed by atoms with van der Waals surface area (Å²) in [4.78, 5) is 12.4. The average molecular weight is 470 g/mol. The molecule has 1 unspecified atom stereocenters. The molecule has 0 aliphatic carbocycles. The van der Waals surface area contributed by atoms with E-state index in [0.29, 0.717) is 24.9 Å². The lowest BCUT2D eigenvalue weighted by Gasteiger charge is -2.31. The Morgan fingerprint density at radius 2 is 1.77 bits per heavy atom. The highest BCUT2D eigenvalue weighted by molar-refractivity contribution is 7.92. The summed E-state index contributed by atoms with van der Waals surface area (Å²) in [6.45, 7) is 2.14. The van der Waals surface area contributed by atoms with Crippen LogP contribution in [0.3, 0.4) is 0 Å². The molecule has 3 rings (SSSR count). The molecular formula is C20H24FN3O5S2. The van der Waals surface area contributed by atoms with Crippen molar-refractivity contribution in [3.05, 3.63) is 59.4 Å². The highest BCUT2D eigenvalue weighted by Crippen LogP contribution is 2.19. The van der Waals surface area contributed by atoms with Crippen molar-refractivity contribution in [2.24, 2.45) is 0 Å². The molecule has 1 aliphatic heterocycles. The number of hydrogen-bond acceptors (Lipinski definition) is 5. The first-order chi connectivity index (χ1) is 14.5. The quantitative estimate of drug-likeness (QED) is 0.673. The molecule has 1 aliphatic rings. The van der Waals surface area contributed by atoms with E-state index >= 15 is 0 Å². The largest absolute Gasteiger partial charge is 0.348 e. The minimum absolute atomic E-state index is 0.0686. The van der Waals surface area contributed by atoms with Crippen molar-refractivity contribution in [3.8, 4) is 0 Å². The number of benzene rings is 2. The minimum Gasteiger partial charge on any atom is -0.348 e. The second kappa shape index (κ2) is 8.93. The molecule has 2 N–H and O–H groups in total. The van der Waals surface area contributed by atoms with Gasteiger partial charge in [-0.2, -0.15) is 0 Å². The van der Waals surface area contributed by atoms with E-state index in [9.17, 15) is 26.0 Å². The smallest absolute Gasteiger partial charge is 0.261 e. The zero-order chi connectivity index (χ0) is 22.8. The fourth-order valence-electron chi connectivity index (χ4n) is 3.32. The van der Waals surface area contributed by atoms with Crippen molar-refractivity contribution in [3.63, 3.8) is 0 Å². The van der Waals surface area contributed by atoms with Gasteiger partial charge in [0.2, 0.25) is 10.0 Å². The van der Waals surface area contributed by atoms with Crippen LogP contribution in [-0.2, 0) is 20.0 Å². The number of halogens is 1. The number of rotatable bonds is 6. The molecule has 1 amide bonds. The normalized spacial score (nSPS) is 17.8. The lowest BCUT2D eigenvalue weighted by atomic mass is 10.1. The molecule has 1 fully saturated rings. The van der Waals surface area contributed by atoms with E-state index in [4.69, 9.17) is 0 Å². The van der Waals surface area contributed by atoms with Gasteiger partial charge in [-0.3, -0.25) is 9.52 Å². The number of anilines is 1. The van der Waals surface area contributed by atoms with Gasteiger partial charge in [-0.05, 0) is 67.8 Å². The van der Waals surface area contributed by atoms with Crippen LogP contribution in [0.25, 0.3) is 0 Å². The number of aryl methyl sites for hydroxylation is 1. The Kier molecular flexibility index (Phi) is 6.68. The maximum atomic E-state index is 13.4. The second-order valence-electron chi connectivity index (χ2n) is 7.53. The fourth-order valence-corrected chi connectivity index (χ4v) is 5.37. The van der Waals surface area contributed by atoms with Crippen LogP contribution in [-0.4, -0.2) is 52.4 Å². The SMILES string of the molecule is Cc1cc(S(=O)(=O)Nc2ccc(C(=O)NC3CCCN(S(C)(=O)=O)C3)cc2)ccc1F. The van der Waals surface area contributed by atoms with Crippen molar-refractivity contribution in [2.45, 2.75) is 30.7 Å². The Bertz CT molecular complexity index is 1180. The van der Waals surface area contributed by atoms with E-state index in [2.05, 4.69) is 10.0 Å². The third kappa shape index (κ3) is 5.81. The lowest BCUT2D eigenvalue weighted by molar-refractivity contribution is 0.0921. The van der Waals surface area contributed by atoms with Crippen LogP contribution in [0, 0.1) is 12.7 Å². The predicted octanol–water partition coefficient (Wildman–Crippen LogP) is 2.09. The van der Waals surface area contributed by atoms with Gasteiger partial charge < -0.3 is 5.32 Å². The first kappa shape index (κ1) is 23.2. The summed E-state index contributed by atoms with van der Waals surface area (Å²) in [5.41, 5.74) is 0.781. The van der Waals surface area contributed by atoms with Crippen LogP contribution >= 0.6 is 0 Å². The van der Waals surface area contributed by atoms with E-state index in [0.717, 1.165) is 12.3 Å². The average Bonchev–Trinajstić information content (AvgIpc) is 2.69. The van der Waals surface area contributed by atoms with Gasteiger partial charge in [-0.25, -0.2) is 25.5 Å². The van der Waals surface area contributed by atoms with Crippen LogP contribution in [0.15, 0.2) is 47.4 Å². The van der Waals surface area contributed by atoms with E-state index in [-0.39, 0.29) is 34.6 Å². The van der Waals surface area contributed by atoms with Crippen LogP contribution in [0.1, 0.15) is 28.8 Å². The van der Waals surface area contributed by atoms with Crippen molar-refractivity contribution >= 4 is 31.6 Å². The minimum atomic E-state index is -3.91. The van der Waals surface area contributed by atoms with Gasteiger partial charge in [0.05, 0.1) is 11.2 Å². The molecule has 0 radical (unpaired) electrons. The molecule has 0 bridgehead atoms. The van der Waals surface area contributed by atoms with E-state index < -0.39 is 25.9 Å². The highest BCUT2D eigenvalue weighted by Gasteiger charge is 2.27. The van der Waals surface area contributed by atoms with Gasteiger partial charge in [0.25, 0.3) is 15.9 Å². The first-order valence-corrected chi connectivity index (χ1v) is 12.9. The molecular weight excluding hydrogens is 445 g/mol. The van der Waals surface area contributed by atoms with Crippen molar-refractivity contribution < 1.29 is 26.0 Å². The molecule has 0 spiro atoms. The molecule has 0 aromatic heterocycles. The molecule has 1 saturated heterocycles. The fraction of sp³-hybridized carbons (Fsp3) is 0.350. The van der Waals surface area contributed by atoms with E-state index in [1.165, 1.54) is 47.6 Å². The number of nitrogens with zero attached hydrogens (tertiary/aromatic N) is 1. The van der Waals surface area contributed by atoms with Gasteiger partial charge in [0.1, 0.15) is 5.82 Å². The Balaban J connectivity index is 1.65. The molecule has 168 valence electrons. The maximum Gasteiger partial charge on any atom is 0.261 e. The van der Waals surface area contributed by atoms with Gasteiger partial charge in [-0.1, -0.05) is 0 Å². The highest BCUT2D eigenvalue weighted by atomic mass is 32.2. The number of hydrogen-bond donors (Lipinski definition) is 2. The van der Waals surface area contributed by atoms with Crippen LogP contribution < -0.4 is 10.0 Å². The van der Waals surface area contributed by atoms with E-state index in [1.807, 2.05) is 0 Å². The summed E-state index contributed by atoms with van der Waals surface area (Å²) in [7, 11) is -7.22. The molecule has 11 heteroatoms. The lowest BCUT2D eigenvalue weighted by Crippen LogP contribution is -2.49. The maximum absolute atomic E-state index is 13.4. The summed E-state index contributed by atoms with van der Waals surface area (Å²) >= 11 is 0. The van der Waals surface area contributed by atoms with Crippen LogP contribution in [0.5, 0.6) is 0 Å². The Morgan fingerprint density at radius 1 is 1.10 bits per heavy atom. The summed E-state index contributed by atoms with van der Waals surface area (Å²) < 4.78 is 65.6. The van der Waals surface area contributed by atoms with Crippen LogP contribution in [0.4, 0.5) is 10.1 Å². The van der Waals surface area contributed by atoms with Crippen molar-refractivity contribution in [1.82, 2.24) is 9.62 Å². The van der Waals surface area contributed by atoms with Gasteiger partial charge in [0, 0.05) is 30.4 Å². The number of carbonyl (C=O) groups is 1. The third-order valence-electron chi connectivity index (χ3n) is 5.03. The molecule has 0 saturated carbocycles. The van der Waals surface area contributed by atoms with Crippen LogP contribution in [0.2, 0.25) is 0 Å². The Hall–Kier alpha value is -2.50. The number of nitrogens with one attached hydrogen (secondary N) is 2. The topological polar surface area (TPSA) is 113 Å². The first-order valence-electron chi connectivity index (χ1n) is 9.61. The Labute approximate surface area is 181 Å². The van der Waals surface area contributed by atoms with Gasteiger partial charge >= 0.3 is 0 Å². The molecule has 1 heterocycles. The standard InChI is InChI=1S/C20H24FN3O5S2/c1-14-12-18(9-10-19(14)21)31(28,29)23-16-7-5-15(6-8-16)20(25)22-17-4-3-11-24(13-17)30(2,26)27/h5-10,12,17,23H,3-4,11,13H2,1-2H3,(H,22,25). The molecule has 31 heavy (non-hydrogen) atoms. The summed E-state index contributed by atoms with van der Waals surface area (Å²) in [6, 6.07) is 9.06. The molecule has 1 atom stereocenters. The molecule has 8 nitrogen and oxygen atoms in total. The third-order valence-corrected chi connectivity index (χ3v) is 7.68.